The molecule has 0 atom stereocenters. The predicted molar refractivity (Wildman–Crippen MR) is 242 cm³/mol. The minimum atomic E-state index is 1.09. The van der Waals surface area contributed by atoms with Crippen LogP contribution >= 0.6 is 11.8 Å². The predicted octanol–water partition coefficient (Wildman–Crippen LogP) is 15.8. The Hall–Kier alpha value is -7.07. The molecular weight excluding hydrogens is 709 g/mol. The summed E-state index contributed by atoms with van der Waals surface area (Å²) in [4.78, 5) is 7.28. The van der Waals surface area contributed by atoms with Crippen molar-refractivity contribution in [1.29, 1.82) is 0 Å². The van der Waals surface area contributed by atoms with Crippen molar-refractivity contribution < 1.29 is 0 Å². The Kier molecular flexibility index (Phi) is 9.19. The monoisotopic (exact) mass is 746 g/mol. The fraction of sp³-hybridized carbons (Fsp3) is 0. The molecule has 270 valence electrons. The lowest BCUT2D eigenvalue weighted by Gasteiger charge is -2.33. The van der Waals surface area contributed by atoms with Crippen LogP contribution in [0.15, 0.2) is 240 Å². The van der Waals surface area contributed by atoms with Crippen LogP contribution in [-0.2, 0) is 0 Å². The third kappa shape index (κ3) is 6.80. The maximum atomic E-state index is 2.39. The number of benzene rings is 9. The van der Waals surface area contributed by atoms with Gasteiger partial charge in [0, 0.05) is 32.5 Å². The first-order chi connectivity index (χ1) is 28.3. The molecule has 0 spiro atoms. The Labute approximate surface area is 339 Å². The van der Waals surface area contributed by atoms with E-state index in [1.54, 1.807) is 0 Å². The molecule has 0 N–H and O–H groups in total. The quantitative estimate of drug-likeness (QED) is 0.153. The van der Waals surface area contributed by atoms with Gasteiger partial charge in [0.25, 0.3) is 0 Å². The highest BCUT2D eigenvalue weighted by molar-refractivity contribution is 7.99. The smallest absolute Gasteiger partial charge is 0.0601 e. The van der Waals surface area contributed by atoms with Gasteiger partial charge in [0.1, 0.15) is 0 Å². The SMILES string of the molecule is c1ccc(-c2ccc(N(c3ccc(-c4cccc(N5c6ccccc6Sc6ccccc65)c4)cc3)c3ccc(-c4ccccc4)c(-c4ccccc4)c3)cc2)cc1. The average Bonchev–Trinajstić information content (AvgIpc) is 3.29. The molecule has 10 rings (SSSR count). The van der Waals surface area contributed by atoms with Crippen molar-refractivity contribution in [2.24, 2.45) is 0 Å². The minimum Gasteiger partial charge on any atom is -0.310 e. The van der Waals surface area contributed by atoms with Crippen molar-refractivity contribution in [3.05, 3.63) is 231 Å². The van der Waals surface area contributed by atoms with E-state index in [9.17, 15) is 0 Å². The second kappa shape index (κ2) is 15.2. The van der Waals surface area contributed by atoms with E-state index in [0.717, 1.165) is 28.3 Å². The summed E-state index contributed by atoms with van der Waals surface area (Å²) in [5, 5.41) is 0. The zero-order chi connectivity index (χ0) is 38.0. The summed E-state index contributed by atoms with van der Waals surface area (Å²) in [5.74, 6) is 0. The molecule has 1 aliphatic heterocycles. The zero-order valence-electron chi connectivity index (χ0n) is 31.2. The Morgan fingerprint density at radius 2 is 0.737 bits per heavy atom. The third-order valence-electron chi connectivity index (χ3n) is 10.7. The highest BCUT2D eigenvalue weighted by atomic mass is 32.2. The van der Waals surface area contributed by atoms with E-state index in [1.165, 1.54) is 60.1 Å². The number of para-hydroxylation sites is 2. The molecule has 0 radical (unpaired) electrons. The van der Waals surface area contributed by atoms with Gasteiger partial charge in [-0.05, 0) is 117 Å². The van der Waals surface area contributed by atoms with Gasteiger partial charge in [0.15, 0.2) is 0 Å². The van der Waals surface area contributed by atoms with E-state index < -0.39 is 0 Å². The lowest BCUT2D eigenvalue weighted by molar-refractivity contribution is 1.17. The van der Waals surface area contributed by atoms with Gasteiger partial charge in [-0.1, -0.05) is 169 Å². The van der Waals surface area contributed by atoms with Crippen molar-refractivity contribution >= 4 is 45.9 Å². The van der Waals surface area contributed by atoms with Crippen molar-refractivity contribution in [1.82, 2.24) is 0 Å². The van der Waals surface area contributed by atoms with Crippen molar-refractivity contribution in [3.8, 4) is 44.5 Å². The van der Waals surface area contributed by atoms with Gasteiger partial charge in [-0.25, -0.2) is 0 Å². The Bertz CT molecular complexity index is 2750. The molecule has 0 fully saturated rings. The molecule has 57 heavy (non-hydrogen) atoms. The van der Waals surface area contributed by atoms with Crippen molar-refractivity contribution in [3.63, 3.8) is 0 Å². The van der Waals surface area contributed by atoms with Crippen LogP contribution in [0.4, 0.5) is 34.1 Å². The maximum Gasteiger partial charge on any atom is 0.0601 e. The van der Waals surface area contributed by atoms with Gasteiger partial charge < -0.3 is 9.80 Å². The van der Waals surface area contributed by atoms with Gasteiger partial charge >= 0.3 is 0 Å². The highest BCUT2D eigenvalue weighted by Crippen LogP contribution is 2.51. The second-order valence-corrected chi connectivity index (χ2v) is 15.3. The van der Waals surface area contributed by atoms with E-state index >= 15 is 0 Å². The molecule has 9 aromatic carbocycles. The second-order valence-electron chi connectivity index (χ2n) is 14.2. The third-order valence-corrected chi connectivity index (χ3v) is 11.8. The highest BCUT2D eigenvalue weighted by Gasteiger charge is 2.24. The van der Waals surface area contributed by atoms with Crippen LogP contribution in [0.25, 0.3) is 44.5 Å². The summed E-state index contributed by atoms with van der Waals surface area (Å²) < 4.78 is 0. The first-order valence-electron chi connectivity index (χ1n) is 19.3. The Morgan fingerprint density at radius 3 is 1.32 bits per heavy atom. The Balaban J connectivity index is 1.06. The van der Waals surface area contributed by atoms with Gasteiger partial charge in [0.2, 0.25) is 0 Å². The standard InChI is InChI=1S/C54H38N2S/c1-4-15-39(16-5-1)40-27-31-45(32-28-40)55(48-35-36-49(42-17-6-2-7-18-42)50(38-48)43-19-8-3-9-20-43)46-33-29-41(30-34-46)44-21-14-22-47(37-44)56-51-23-10-12-25-53(51)57-54-26-13-11-24-52(54)56/h1-38H. The van der Waals surface area contributed by atoms with Gasteiger partial charge in [-0.3, -0.25) is 0 Å². The lowest BCUT2D eigenvalue weighted by Crippen LogP contribution is -2.14. The molecule has 0 saturated heterocycles. The lowest BCUT2D eigenvalue weighted by atomic mass is 9.93. The van der Waals surface area contributed by atoms with Crippen molar-refractivity contribution in [2.45, 2.75) is 9.79 Å². The molecule has 9 aromatic rings. The molecule has 0 aliphatic carbocycles. The molecule has 0 amide bonds. The van der Waals surface area contributed by atoms with Crippen LogP contribution < -0.4 is 9.80 Å². The largest absolute Gasteiger partial charge is 0.310 e. The van der Waals surface area contributed by atoms with Crippen LogP contribution in [0.2, 0.25) is 0 Å². The van der Waals surface area contributed by atoms with E-state index in [2.05, 4.69) is 240 Å². The zero-order valence-corrected chi connectivity index (χ0v) is 32.1. The topological polar surface area (TPSA) is 6.48 Å². The average molecular weight is 747 g/mol. The van der Waals surface area contributed by atoms with Crippen LogP contribution in [0.1, 0.15) is 0 Å². The van der Waals surface area contributed by atoms with Crippen LogP contribution in [0.3, 0.4) is 0 Å². The number of fused-ring (bicyclic) bond motifs is 2. The van der Waals surface area contributed by atoms with E-state index in [4.69, 9.17) is 0 Å². The first kappa shape index (κ1) is 34.4. The summed E-state index contributed by atoms with van der Waals surface area (Å²) in [6.07, 6.45) is 0. The summed E-state index contributed by atoms with van der Waals surface area (Å²) in [5.41, 5.74) is 16.3. The molecule has 1 aliphatic rings. The summed E-state index contributed by atoms with van der Waals surface area (Å²) >= 11 is 1.83. The van der Waals surface area contributed by atoms with E-state index in [-0.39, 0.29) is 0 Å². The van der Waals surface area contributed by atoms with Gasteiger partial charge in [-0.15, -0.1) is 0 Å². The molecule has 0 unspecified atom stereocenters. The normalized spacial score (nSPS) is 11.8. The fourth-order valence-electron chi connectivity index (χ4n) is 7.89. The minimum absolute atomic E-state index is 1.09. The van der Waals surface area contributed by atoms with Crippen molar-refractivity contribution in [2.75, 3.05) is 9.80 Å². The van der Waals surface area contributed by atoms with Gasteiger partial charge in [0.05, 0.1) is 11.4 Å². The molecule has 0 aromatic heterocycles. The maximum absolute atomic E-state index is 2.39. The van der Waals surface area contributed by atoms with E-state index in [1.807, 2.05) is 11.8 Å². The summed E-state index contributed by atoms with van der Waals surface area (Å²) in [6.45, 7) is 0. The Morgan fingerprint density at radius 1 is 0.298 bits per heavy atom. The molecule has 2 nitrogen and oxygen atoms in total. The van der Waals surface area contributed by atoms with E-state index in [0.29, 0.717) is 0 Å². The number of rotatable bonds is 8. The fourth-order valence-corrected chi connectivity index (χ4v) is 8.95. The van der Waals surface area contributed by atoms with Crippen LogP contribution in [0.5, 0.6) is 0 Å². The molecule has 3 heteroatoms. The number of hydrogen-bond acceptors (Lipinski definition) is 3. The number of hydrogen-bond donors (Lipinski definition) is 0. The molecular formula is C54H38N2S. The summed E-state index contributed by atoms with van der Waals surface area (Å²) in [6, 6.07) is 83.0. The summed E-state index contributed by atoms with van der Waals surface area (Å²) in [7, 11) is 0. The number of nitrogens with zero attached hydrogens (tertiary/aromatic N) is 2. The molecule has 1 heterocycles. The van der Waals surface area contributed by atoms with Crippen LogP contribution in [-0.4, -0.2) is 0 Å². The van der Waals surface area contributed by atoms with Gasteiger partial charge in [-0.2, -0.15) is 0 Å². The van der Waals surface area contributed by atoms with Crippen LogP contribution in [0, 0.1) is 0 Å². The molecule has 0 bridgehead atoms. The first-order valence-corrected chi connectivity index (χ1v) is 20.2. The number of anilines is 6. The molecule has 0 saturated carbocycles.